The molecule has 1 heteroatoms. The van der Waals surface area contributed by atoms with Crippen LogP contribution < -0.4 is 0 Å². The fourth-order valence-electron chi connectivity index (χ4n) is 1.54. The monoisotopic (exact) mass is 185 g/mol. The summed E-state index contributed by atoms with van der Waals surface area (Å²) in [6.07, 6.45) is 4.12. The summed E-state index contributed by atoms with van der Waals surface area (Å²) in [5.74, 6) is 0.605. The molecule has 72 valence electrons. The molecule has 2 rings (SSSR count). The standard InChI is InChI=1S/C13H15N/c1-11(2)12-5-7-13(8-6-12)14-9-3-4-10-14/h3-11H,1-2H3. The van der Waals surface area contributed by atoms with Crippen molar-refractivity contribution in [2.75, 3.05) is 0 Å². The molecule has 1 nitrogen and oxygen atoms in total. The summed E-state index contributed by atoms with van der Waals surface area (Å²) >= 11 is 0. The lowest BCUT2D eigenvalue weighted by atomic mass is 10.0. The third-order valence-electron chi connectivity index (χ3n) is 2.46. The van der Waals surface area contributed by atoms with Crippen LogP contribution in [0.4, 0.5) is 0 Å². The van der Waals surface area contributed by atoms with E-state index in [1.807, 2.05) is 12.1 Å². The summed E-state index contributed by atoms with van der Waals surface area (Å²) in [5, 5.41) is 0. The molecule has 0 amide bonds. The number of hydrogen-bond acceptors (Lipinski definition) is 0. The van der Waals surface area contributed by atoms with Gasteiger partial charge in [0.25, 0.3) is 0 Å². The first-order valence-electron chi connectivity index (χ1n) is 5.00. The molecule has 0 bridgehead atoms. The number of aromatic nitrogens is 1. The Morgan fingerprint density at radius 3 is 2.00 bits per heavy atom. The number of nitrogens with zero attached hydrogens (tertiary/aromatic N) is 1. The predicted octanol–water partition coefficient (Wildman–Crippen LogP) is 3.60. The van der Waals surface area contributed by atoms with Crippen LogP contribution in [0.5, 0.6) is 0 Å². The third-order valence-corrected chi connectivity index (χ3v) is 2.46. The Kier molecular flexibility index (Phi) is 2.40. The smallest absolute Gasteiger partial charge is 0.0449 e. The Morgan fingerprint density at radius 2 is 1.50 bits per heavy atom. The van der Waals surface area contributed by atoms with E-state index in [1.54, 1.807) is 0 Å². The van der Waals surface area contributed by atoms with E-state index in [1.165, 1.54) is 11.3 Å². The number of hydrogen-bond donors (Lipinski definition) is 0. The molecule has 1 aromatic carbocycles. The lowest BCUT2D eigenvalue weighted by molar-refractivity contribution is 0.865. The lowest BCUT2D eigenvalue weighted by Gasteiger charge is -2.07. The SMILES string of the molecule is CC(C)c1ccc(-n2cccc2)cc1. The van der Waals surface area contributed by atoms with Gasteiger partial charge in [-0.1, -0.05) is 26.0 Å². The van der Waals surface area contributed by atoms with E-state index in [-0.39, 0.29) is 0 Å². The molecule has 2 aromatic rings. The highest BCUT2D eigenvalue weighted by atomic mass is 14.9. The summed E-state index contributed by atoms with van der Waals surface area (Å²) in [6, 6.07) is 12.8. The van der Waals surface area contributed by atoms with Crippen molar-refractivity contribution in [1.82, 2.24) is 4.57 Å². The molecule has 0 fully saturated rings. The van der Waals surface area contributed by atoms with E-state index in [4.69, 9.17) is 0 Å². The van der Waals surface area contributed by atoms with Crippen molar-refractivity contribution >= 4 is 0 Å². The molecule has 0 N–H and O–H groups in total. The second-order valence-electron chi connectivity index (χ2n) is 3.84. The van der Waals surface area contributed by atoms with Gasteiger partial charge in [0.05, 0.1) is 0 Å². The average molecular weight is 185 g/mol. The van der Waals surface area contributed by atoms with Crippen LogP contribution in [0.1, 0.15) is 25.3 Å². The quantitative estimate of drug-likeness (QED) is 0.673. The van der Waals surface area contributed by atoms with Crippen molar-refractivity contribution in [3.8, 4) is 5.69 Å². The third kappa shape index (κ3) is 1.72. The average Bonchev–Trinajstić information content (AvgIpc) is 2.71. The van der Waals surface area contributed by atoms with E-state index in [2.05, 4.69) is 55.1 Å². The van der Waals surface area contributed by atoms with Crippen molar-refractivity contribution in [3.63, 3.8) is 0 Å². The largest absolute Gasteiger partial charge is 0.324 e. The van der Waals surface area contributed by atoms with Crippen LogP contribution in [-0.2, 0) is 0 Å². The first-order chi connectivity index (χ1) is 6.77. The highest BCUT2D eigenvalue weighted by Crippen LogP contribution is 2.16. The van der Waals surface area contributed by atoms with Gasteiger partial charge in [0.15, 0.2) is 0 Å². The van der Waals surface area contributed by atoms with Crippen LogP contribution in [0.2, 0.25) is 0 Å². The van der Waals surface area contributed by atoms with Gasteiger partial charge in [0.2, 0.25) is 0 Å². The zero-order chi connectivity index (χ0) is 9.97. The van der Waals surface area contributed by atoms with E-state index >= 15 is 0 Å². The first kappa shape index (κ1) is 9.07. The zero-order valence-electron chi connectivity index (χ0n) is 8.64. The molecule has 0 aliphatic carbocycles. The van der Waals surface area contributed by atoms with Gasteiger partial charge in [-0.2, -0.15) is 0 Å². The fraction of sp³-hybridized carbons (Fsp3) is 0.231. The van der Waals surface area contributed by atoms with Gasteiger partial charge < -0.3 is 4.57 Å². The fourth-order valence-corrected chi connectivity index (χ4v) is 1.54. The molecule has 0 aliphatic heterocycles. The Morgan fingerprint density at radius 1 is 0.929 bits per heavy atom. The molecule has 0 spiro atoms. The minimum absolute atomic E-state index is 0.605. The topological polar surface area (TPSA) is 4.93 Å². The van der Waals surface area contributed by atoms with Gasteiger partial charge in [0, 0.05) is 18.1 Å². The van der Waals surface area contributed by atoms with Crippen LogP contribution >= 0.6 is 0 Å². The second kappa shape index (κ2) is 3.70. The Balaban J connectivity index is 2.31. The van der Waals surface area contributed by atoms with E-state index in [0.717, 1.165) is 0 Å². The molecular formula is C13H15N. The molecule has 1 aromatic heterocycles. The van der Waals surface area contributed by atoms with Crippen molar-refractivity contribution in [2.45, 2.75) is 19.8 Å². The highest BCUT2D eigenvalue weighted by Gasteiger charge is 1.98. The van der Waals surface area contributed by atoms with Gasteiger partial charge >= 0.3 is 0 Å². The predicted molar refractivity (Wildman–Crippen MR) is 59.9 cm³/mol. The normalized spacial score (nSPS) is 10.8. The Labute approximate surface area is 85.0 Å². The van der Waals surface area contributed by atoms with Crippen LogP contribution in [0.25, 0.3) is 5.69 Å². The number of rotatable bonds is 2. The van der Waals surface area contributed by atoms with Crippen LogP contribution in [0.15, 0.2) is 48.8 Å². The molecule has 0 saturated heterocycles. The second-order valence-corrected chi connectivity index (χ2v) is 3.84. The molecule has 0 unspecified atom stereocenters. The maximum atomic E-state index is 2.21. The Bertz CT molecular complexity index is 382. The van der Waals surface area contributed by atoms with Gasteiger partial charge in [-0.05, 0) is 35.7 Å². The lowest BCUT2D eigenvalue weighted by Crippen LogP contribution is -1.91. The van der Waals surface area contributed by atoms with Gasteiger partial charge in [-0.3, -0.25) is 0 Å². The van der Waals surface area contributed by atoms with Gasteiger partial charge in [-0.15, -0.1) is 0 Å². The van der Waals surface area contributed by atoms with Crippen molar-refractivity contribution in [3.05, 3.63) is 54.4 Å². The summed E-state index contributed by atoms with van der Waals surface area (Å²) in [5.41, 5.74) is 2.61. The molecule has 0 radical (unpaired) electrons. The Hall–Kier alpha value is -1.50. The maximum Gasteiger partial charge on any atom is 0.0449 e. The van der Waals surface area contributed by atoms with Crippen LogP contribution in [0, 0.1) is 0 Å². The first-order valence-corrected chi connectivity index (χ1v) is 5.00. The summed E-state index contributed by atoms with van der Waals surface area (Å²) < 4.78 is 2.12. The summed E-state index contributed by atoms with van der Waals surface area (Å²) in [7, 11) is 0. The maximum absolute atomic E-state index is 2.21. The van der Waals surface area contributed by atoms with E-state index in [9.17, 15) is 0 Å². The molecule has 0 aliphatic rings. The molecular weight excluding hydrogens is 170 g/mol. The van der Waals surface area contributed by atoms with E-state index in [0.29, 0.717) is 5.92 Å². The highest BCUT2D eigenvalue weighted by molar-refractivity contribution is 5.36. The molecule has 0 saturated carbocycles. The molecule has 14 heavy (non-hydrogen) atoms. The van der Waals surface area contributed by atoms with E-state index < -0.39 is 0 Å². The molecule has 1 heterocycles. The zero-order valence-corrected chi connectivity index (χ0v) is 8.64. The van der Waals surface area contributed by atoms with Crippen molar-refractivity contribution in [2.24, 2.45) is 0 Å². The van der Waals surface area contributed by atoms with Crippen LogP contribution in [0.3, 0.4) is 0 Å². The van der Waals surface area contributed by atoms with Gasteiger partial charge in [-0.25, -0.2) is 0 Å². The summed E-state index contributed by atoms with van der Waals surface area (Å²) in [6.45, 7) is 4.43. The minimum atomic E-state index is 0.605. The minimum Gasteiger partial charge on any atom is -0.324 e. The van der Waals surface area contributed by atoms with Crippen molar-refractivity contribution < 1.29 is 0 Å². The molecule has 0 atom stereocenters. The van der Waals surface area contributed by atoms with Crippen LogP contribution in [-0.4, -0.2) is 4.57 Å². The number of benzene rings is 1. The van der Waals surface area contributed by atoms with Crippen molar-refractivity contribution in [1.29, 1.82) is 0 Å². The van der Waals surface area contributed by atoms with Gasteiger partial charge in [0.1, 0.15) is 0 Å². The summed E-state index contributed by atoms with van der Waals surface area (Å²) in [4.78, 5) is 0.